The molecule has 0 aromatic carbocycles. The van der Waals surface area contributed by atoms with Gasteiger partial charge in [-0.25, -0.2) is 0 Å². The fraction of sp³-hybridized carbons (Fsp3) is 0.818. The molecule has 0 aliphatic carbocycles. The van der Waals surface area contributed by atoms with Crippen LogP contribution >= 0.6 is 0 Å². The molecule has 2 heteroatoms. The van der Waals surface area contributed by atoms with E-state index >= 15 is 0 Å². The second-order valence-electron chi connectivity index (χ2n) is 4.45. The zero-order chi connectivity index (χ0) is 10.4. The van der Waals surface area contributed by atoms with E-state index < -0.39 is 6.10 Å². The van der Waals surface area contributed by atoms with Gasteiger partial charge in [-0.2, -0.15) is 0 Å². The van der Waals surface area contributed by atoms with Crippen molar-refractivity contribution in [2.45, 2.75) is 46.6 Å². The van der Waals surface area contributed by atoms with Crippen LogP contribution < -0.4 is 0 Å². The first-order valence-electron chi connectivity index (χ1n) is 4.99. The molecular formula is C11H22O2. The average molecular weight is 186 g/mol. The van der Waals surface area contributed by atoms with Crippen molar-refractivity contribution in [1.29, 1.82) is 0 Å². The first-order chi connectivity index (χ1) is 5.91. The van der Waals surface area contributed by atoms with Gasteiger partial charge in [-0.3, -0.25) is 0 Å². The van der Waals surface area contributed by atoms with Gasteiger partial charge in [0.15, 0.2) is 0 Å². The molecular weight excluding hydrogens is 164 g/mol. The molecule has 78 valence electrons. The molecule has 0 aliphatic heterocycles. The van der Waals surface area contributed by atoms with E-state index in [4.69, 9.17) is 0 Å². The minimum Gasteiger partial charge on any atom is -0.513 e. The lowest BCUT2D eigenvalue weighted by atomic mass is 10.0. The zero-order valence-electron chi connectivity index (χ0n) is 9.12. The van der Waals surface area contributed by atoms with Crippen LogP contribution in [0.15, 0.2) is 11.8 Å². The molecule has 1 atom stereocenters. The van der Waals surface area contributed by atoms with E-state index in [9.17, 15) is 10.2 Å². The summed E-state index contributed by atoms with van der Waals surface area (Å²) in [7, 11) is 0. The number of hydrogen-bond acceptors (Lipinski definition) is 2. The first-order valence-corrected chi connectivity index (χ1v) is 4.99. The summed E-state index contributed by atoms with van der Waals surface area (Å²) in [4.78, 5) is 0. The Morgan fingerprint density at radius 2 is 1.69 bits per heavy atom. The lowest BCUT2D eigenvalue weighted by Crippen LogP contribution is -2.08. The lowest BCUT2D eigenvalue weighted by Gasteiger charge is -2.10. The van der Waals surface area contributed by atoms with Crippen LogP contribution in [0.1, 0.15) is 40.5 Å². The van der Waals surface area contributed by atoms with Crippen molar-refractivity contribution in [1.82, 2.24) is 0 Å². The normalized spacial score (nSPS) is 15.5. The highest BCUT2D eigenvalue weighted by Crippen LogP contribution is 2.11. The van der Waals surface area contributed by atoms with Gasteiger partial charge >= 0.3 is 0 Å². The maximum absolute atomic E-state index is 9.47. The average Bonchev–Trinajstić information content (AvgIpc) is 1.80. The zero-order valence-corrected chi connectivity index (χ0v) is 9.12. The minimum atomic E-state index is -0.501. The van der Waals surface area contributed by atoms with E-state index in [0.717, 1.165) is 0 Å². The minimum absolute atomic E-state index is 0.308. The summed E-state index contributed by atoms with van der Waals surface area (Å²) < 4.78 is 0. The van der Waals surface area contributed by atoms with Crippen LogP contribution in [0.4, 0.5) is 0 Å². The third-order valence-electron chi connectivity index (χ3n) is 1.72. The first kappa shape index (κ1) is 12.5. The fourth-order valence-corrected chi connectivity index (χ4v) is 1.26. The van der Waals surface area contributed by atoms with Crippen molar-refractivity contribution < 1.29 is 10.2 Å². The molecule has 0 spiro atoms. The number of rotatable bonds is 5. The van der Waals surface area contributed by atoms with E-state index in [2.05, 4.69) is 13.8 Å². The maximum Gasteiger partial charge on any atom is 0.0911 e. The van der Waals surface area contributed by atoms with Gasteiger partial charge in [0.25, 0.3) is 0 Å². The molecule has 1 unspecified atom stereocenters. The summed E-state index contributed by atoms with van der Waals surface area (Å²) in [5, 5.41) is 18.9. The van der Waals surface area contributed by atoms with Crippen LogP contribution in [0.5, 0.6) is 0 Å². The second-order valence-corrected chi connectivity index (χ2v) is 4.45. The molecule has 0 amide bonds. The van der Waals surface area contributed by atoms with Gasteiger partial charge in [-0.1, -0.05) is 27.7 Å². The van der Waals surface area contributed by atoms with Gasteiger partial charge in [-0.15, -0.1) is 0 Å². The van der Waals surface area contributed by atoms with Crippen molar-refractivity contribution in [3.05, 3.63) is 11.8 Å². The van der Waals surface area contributed by atoms with Gasteiger partial charge in [0.1, 0.15) is 0 Å². The highest BCUT2D eigenvalue weighted by Gasteiger charge is 2.06. The molecule has 0 fully saturated rings. The van der Waals surface area contributed by atoms with E-state index in [1.54, 1.807) is 6.08 Å². The largest absolute Gasteiger partial charge is 0.513 e. The topological polar surface area (TPSA) is 40.5 Å². The Morgan fingerprint density at radius 1 is 1.15 bits per heavy atom. The van der Waals surface area contributed by atoms with Crippen molar-refractivity contribution >= 4 is 0 Å². The SMILES string of the molecule is CC(C)CC(O)=CC(O)CC(C)C. The van der Waals surface area contributed by atoms with Crippen molar-refractivity contribution in [2.24, 2.45) is 11.8 Å². The van der Waals surface area contributed by atoms with Crippen molar-refractivity contribution in [2.75, 3.05) is 0 Å². The number of allylic oxidation sites excluding steroid dienone is 1. The molecule has 0 heterocycles. The number of aliphatic hydroxyl groups is 2. The molecule has 0 saturated heterocycles. The van der Waals surface area contributed by atoms with E-state index in [-0.39, 0.29) is 0 Å². The van der Waals surface area contributed by atoms with Crippen LogP contribution in [0.3, 0.4) is 0 Å². The molecule has 2 N–H and O–H groups in total. The predicted molar refractivity (Wildman–Crippen MR) is 55.6 cm³/mol. The Bertz CT molecular complexity index is 159. The molecule has 0 radical (unpaired) electrons. The summed E-state index contributed by atoms with van der Waals surface area (Å²) in [6, 6.07) is 0. The van der Waals surface area contributed by atoms with Crippen molar-refractivity contribution in [3.8, 4) is 0 Å². The molecule has 2 nitrogen and oxygen atoms in total. The predicted octanol–water partition coefficient (Wildman–Crippen LogP) is 2.88. The summed E-state index contributed by atoms with van der Waals surface area (Å²) >= 11 is 0. The fourth-order valence-electron chi connectivity index (χ4n) is 1.26. The van der Waals surface area contributed by atoms with E-state index in [0.29, 0.717) is 30.4 Å². The highest BCUT2D eigenvalue weighted by atomic mass is 16.3. The third kappa shape index (κ3) is 7.85. The van der Waals surface area contributed by atoms with Gasteiger partial charge in [0.05, 0.1) is 11.9 Å². The van der Waals surface area contributed by atoms with Gasteiger partial charge in [0.2, 0.25) is 0 Å². The van der Waals surface area contributed by atoms with Gasteiger partial charge < -0.3 is 10.2 Å². The highest BCUT2D eigenvalue weighted by molar-refractivity contribution is 4.96. The van der Waals surface area contributed by atoms with Gasteiger partial charge in [0, 0.05) is 6.42 Å². The van der Waals surface area contributed by atoms with Crippen LogP contribution in [-0.2, 0) is 0 Å². The van der Waals surface area contributed by atoms with Gasteiger partial charge in [-0.05, 0) is 24.3 Å². The monoisotopic (exact) mass is 186 g/mol. The summed E-state index contributed by atoms with van der Waals surface area (Å²) in [5.74, 6) is 1.20. The Labute approximate surface area is 81.3 Å². The standard InChI is InChI=1S/C11H22O2/c1-8(2)5-10(12)7-11(13)6-9(3)4/h7-10,12-13H,5-6H2,1-4H3. The molecule has 0 aromatic rings. The number of aliphatic hydroxyl groups excluding tert-OH is 2. The maximum atomic E-state index is 9.47. The smallest absolute Gasteiger partial charge is 0.0911 e. The molecule has 0 aromatic heterocycles. The number of hydrogen-bond donors (Lipinski definition) is 2. The Balaban J connectivity index is 3.91. The Morgan fingerprint density at radius 3 is 2.08 bits per heavy atom. The quantitative estimate of drug-likeness (QED) is 0.648. The lowest BCUT2D eigenvalue weighted by molar-refractivity contribution is 0.188. The Kier molecular flexibility index (Phi) is 5.80. The molecule has 13 heavy (non-hydrogen) atoms. The summed E-state index contributed by atoms with van der Waals surface area (Å²) in [6.45, 7) is 8.19. The molecule has 0 saturated carbocycles. The summed E-state index contributed by atoms with van der Waals surface area (Å²) in [6.07, 6.45) is 2.41. The van der Waals surface area contributed by atoms with Crippen LogP contribution in [0.2, 0.25) is 0 Å². The van der Waals surface area contributed by atoms with Crippen LogP contribution in [-0.4, -0.2) is 16.3 Å². The van der Waals surface area contributed by atoms with Crippen LogP contribution in [0.25, 0.3) is 0 Å². The molecule has 0 rings (SSSR count). The van der Waals surface area contributed by atoms with E-state index in [1.165, 1.54) is 0 Å². The third-order valence-corrected chi connectivity index (χ3v) is 1.72. The van der Waals surface area contributed by atoms with E-state index in [1.807, 2.05) is 13.8 Å². The Hall–Kier alpha value is -0.500. The van der Waals surface area contributed by atoms with Crippen molar-refractivity contribution in [3.63, 3.8) is 0 Å². The van der Waals surface area contributed by atoms with Crippen LogP contribution in [0, 0.1) is 11.8 Å². The summed E-state index contributed by atoms with van der Waals surface area (Å²) in [5.41, 5.74) is 0. The molecule has 0 bridgehead atoms. The second kappa shape index (κ2) is 6.03. The molecule has 0 aliphatic rings.